The first-order valence-corrected chi connectivity index (χ1v) is 7.61. The molecule has 0 saturated carbocycles. The summed E-state index contributed by atoms with van der Waals surface area (Å²) >= 11 is 0. The van der Waals surface area contributed by atoms with Gasteiger partial charge < -0.3 is 19.5 Å². The molecule has 0 heterocycles. The molecule has 1 unspecified atom stereocenters. The monoisotopic (exact) mass is 295 g/mol. The van der Waals surface area contributed by atoms with Gasteiger partial charge in [-0.25, -0.2) is 0 Å². The van der Waals surface area contributed by atoms with Crippen LogP contribution in [-0.4, -0.2) is 34.0 Å². The summed E-state index contributed by atoms with van der Waals surface area (Å²) in [7, 11) is 3.35. The maximum Gasteiger partial charge on any atom is 0.127 e. The van der Waals surface area contributed by atoms with Gasteiger partial charge in [-0.15, -0.1) is 0 Å². The largest absolute Gasteiger partial charge is 0.497 e. The van der Waals surface area contributed by atoms with Crippen LogP contribution in [-0.2, 0) is 4.74 Å². The number of nitrogens with one attached hydrogen (secondary N) is 1. The zero-order valence-corrected chi connectivity index (χ0v) is 13.9. The van der Waals surface area contributed by atoms with Crippen molar-refractivity contribution >= 4 is 0 Å². The van der Waals surface area contributed by atoms with Crippen molar-refractivity contribution in [2.45, 2.75) is 33.2 Å². The lowest BCUT2D eigenvalue weighted by Gasteiger charge is -2.18. The molecular weight excluding hydrogens is 266 g/mol. The van der Waals surface area contributed by atoms with Crippen molar-refractivity contribution in [1.82, 2.24) is 5.32 Å². The molecule has 0 aliphatic carbocycles. The second-order valence-electron chi connectivity index (χ2n) is 5.61. The SMILES string of the molecule is COc1ccc(C(C)NCCCOCC(C)C)c(OC)c1. The molecule has 0 spiro atoms. The third-order valence-electron chi connectivity index (χ3n) is 3.27. The summed E-state index contributed by atoms with van der Waals surface area (Å²) in [5, 5.41) is 3.50. The minimum absolute atomic E-state index is 0.232. The molecule has 21 heavy (non-hydrogen) atoms. The Morgan fingerprint density at radius 3 is 2.48 bits per heavy atom. The van der Waals surface area contributed by atoms with Crippen LogP contribution in [0.4, 0.5) is 0 Å². The normalized spacial score (nSPS) is 12.5. The summed E-state index contributed by atoms with van der Waals surface area (Å²) in [5.74, 6) is 2.26. The summed E-state index contributed by atoms with van der Waals surface area (Å²) in [6, 6.07) is 6.15. The molecule has 4 heteroatoms. The fourth-order valence-corrected chi connectivity index (χ4v) is 2.10. The molecule has 0 aromatic heterocycles. The number of hydrogen-bond acceptors (Lipinski definition) is 4. The molecule has 0 fully saturated rings. The van der Waals surface area contributed by atoms with Gasteiger partial charge >= 0.3 is 0 Å². The Balaban J connectivity index is 2.39. The molecular formula is C17H29NO3. The van der Waals surface area contributed by atoms with Crippen LogP contribution in [0.25, 0.3) is 0 Å². The Morgan fingerprint density at radius 2 is 1.86 bits per heavy atom. The first-order valence-electron chi connectivity index (χ1n) is 7.61. The van der Waals surface area contributed by atoms with E-state index < -0.39 is 0 Å². The van der Waals surface area contributed by atoms with Crippen molar-refractivity contribution in [3.63, 3.8) is 0 Å². The lowest BCUT2D eigenvalue weighted by molar-refractivity contribution is 0.107. The third kappa shape index (κ3) is 6.36. The van der Waals surface area contributed by atoms with Crippen LogP contribution in [0, 0.1) is 5.92 Å². The Hall–Kier alpha value is -1.26. The maximum atomic E-state index is 5.58. The van der Waals surface area contributed by atoms with E-state index in [0.717, 1.165) is 43.2 Å². The van der Waals surface area contributed by atoms with E-state index in [-0.39, 0.29) is 6.04 Å². The molecule has 1 aromatic carbocycles. The Kier molecular flexibility index (Phi) is 8.16. The van der Waals surface area contributed by atoms with E-state index >= 15 is 0 Å². The van der Waals surface area contributed by atoms with Crippen LogP contribution in [0.15, 0.2) is 18.2 Å². The van der Waals surface area contributed by atoms with E-state index in [0.29, 0.717) is 5.92 Å². The van der Waals surface area contributed by atoms with Crippen LogP contribution in [0.3, 0.4) is 0 Å². The fourth-order valence-electron chi connectivity index (χ4n) is 2.10. The number of ether oxygens (including phenoxy) is 3. The summed E-state index contributed by atoms with van der Waals surface area (Å²) in [6.45, 7) is 9.03. The predicted molar refractivity (Wildman–Crippen MR) is 86.2 cm³/mol. The summed E-state index contributed by atoms with van der Waals surface area (Å²) in [4.78, 5) is 0. The first-order chi connectivity index (χ1) is 10.1. The summed E-state index contributed by atoms with van der Waals surface area (Å²) < 4.78 is 16.2. The average Bonchev–Trinajstić information content (AvgIpc) is 2.49. The van der Waals surface area contributed by atoms with Crippen molar-refractivity contribution in [2.24, 2.45) is 5.92 Å². The first kappa shape index (κ1) is 17.8. The highest BCUT2D eigenvalue weighted by Gasteiger charge is 2.11. The molecule has 4 nitrogen and oxygen atoms in total. The van der Waals surface area contributed by atoms with E-state index in [4.69, 9.17) is 14.2 Å². The smallest absolute Gasteiger partial charge is 0.127 e. The Morgan fingerprint density at radius 1 is 1.10 bits per heavy atom. The molecule has 1 rings (SSSR count). The van der Waals surface area contributed by atoms with Crippen molar-refractivity contribution in [3.05, 3.63) is 23.8 Å². The molecule has 1 atom stereocenters. The van der Waals surface area contributed by atoms with Crippen molar-refractivity contribution in [1.29, 1.82) is 0 Å². The van der Waals surface area contributed by atoms with Gasteiger partial charge in [-0.05, 0) is 31.9 Å². The molecule has 0 saturated heterocycles. The minimum Gasteiger partial charge on any atom is -0.497 e. The second-order valence-corrected chi connectivity index (χ2v) is 5.61. The predicted octanol–water partition coefficient (Wildman–Crippen LogP) is 3.42. The maximum absolute atomic E-state index is 5.58. The standard InChI is InChI=1S/C17H29NO3/c1-13(2)12-21-10-6-9-18-14(3)16-8-7-15(19-4)11-17(16)20-5/h7-8,11,13-14,18H,6,9-10,12H2,1-5H3. The highest BCUT2D eigenvalue weighted by molar-refractivity contribution is 5.42. The molecule has 0 bridgehead atoms. The van der Waals surface area contributed by atoms with Crippen LogP contribution in [0.2, 0.25) is 0 Å². The van der Waals surface area contributed by atoms with Crippen LogP contribution < -0.4 is 14.8 Å². The third-order valence-corrected chi connectivity index (χ3v) is 3.27. The van der Waals surface area contributed by atoms with E-state index in [1.54, 1.807) is 14.2 Å². The lowest BCUT2D eigenvalue weighted by atomic mass is 10.1. The van der Waals surface area contributed by atoms with Crippen LogP contribution >= 0.6 is 0 Å². The zero-order chi connectivity index (χ0) is 15.7. The van der Waals surface area contributed by atoms with E-state index in [1.807, 2.05) is 18.2 Å². The lowest BCUT2D eigenvalue weighted by Crippen LogP contribution is -2.21. The summed E-state index contributed by atoms with van der Waals surface area (Å²) in [5.41, 5.74) is 1.14. The van der Waals surface area contributed by atoms with Gasteiger partial charge in [0.05, 0.1) is 14.2 Å². The van der Waals surface area contributed by atoms with Gasteiger partial charge in [-0.3, -0.25) is 0 Å². The zero-order valence-electron chi connectivity index (χ0n) is 13.9. The van der Waals surface area contributed by atoms with Gasteiger partial charge in [0.1, 0.15) is 11.5 Å². The van der Waals surface area contributed by atoms with E-state index in [2.05, 4.69) is 26.1 Å². The molecule has 0 amide bonds. The molecule has 1 aromatic rings. The average molecular weight is 295 g/mol. The van der Waals surface area contributed by atoms with Crippen molar-refractivity contribution in [3.8, 4) is 11.5 Å². The number of hydrogen-bond donors (Lipinski definition) is 1. The summed E-state index contributed by atoms with van der Waals surface area (Å²) in [6.07, 6.45) is 1.01. The molecule has 120 valence electrons. The van der Waals surface area contributed by atoms with E-state index in [1.165, 1.54) is 0 Å². The van der Waals surface area contributed by atoms with Gasteiger partial charge in [0.2, 0.25) is 0 Å². The highest BCUT2D eigenvalue weighted by Crippen LogP contribution is 2.29. The number of methoxy groups -OCH3 is 2. The van der Waals surface area contributed by atoms with Gasteiger partial charge in [0, 0.05) is 30.9 Å². The second kappa shape index (κ2) is 9.64. The van der Waals surface area contributed by atoms with Crippen molar-refractivity contribution in [2.75, 3.05) is 34.0 Å². The number of benzene rings is 1. The Labute approximate surface area is 128 Å². The van der Waals surface area contributed by atoms with Gasteiger partial charge in [0.15, 0.2) is 0 Å². The number of rotatable bonds is 10. The van der Waals surface area contributed by atoms with Gasteiger partial charge in [-0.2, -0.15) is 0 Å². The Bertz CT molecular complexity index is 407. The quantitative estimate of drug-likeness (QED) is 0.671. The topological polar surface area (TPSA) is 39.7 Å². The van der Waals surface area contributed by atoms with Gasteiger partial charge in [0.25, 0.3) is 0 Å². The minimum atomic E-state index is 0.232. The fraction of sp³-hybridized carbons (Fsp3) is 0.647. The van der Waals surface area contributed by atoms with Gasteiger partial charge in [-0.1, -0.05) is 19.9 Å². The van der Waals surface area contributed by atoms with Crippen LogP contribution in [0.5, 0.6) is 11.5 Å². The molecule has 0 aliphatic rings. The van der Waals surface area contributed by atoms with Crippen molar-refractivity contribution < 1.29 is 14.2 Å². The highest BCUT2D eigenvalue weighted by atomic mass is 16.5. The van der Waals surface area contributed by atoms with Crippen LogP contribution in [0.1, 0.15) is 38.8 Å². The molecule has 1 N–H and O–H groups in total. The molecule has 0 aliphatic heterocycles. The van der Waals surface area contributed by atoms with E-state index in [9.17, 15) is 0 Å². The molecule has 0 radical (unpaired) electrons.